The molecule has 1 aromatic rings. The first kappa shape index (κ1) is 14.0. The van der Waals surface area contributed by atoms with E-state index in [9.17, 15) is 14.0 Å². The van der Waals surface area contributed by atoms with E-state index in [4.69, 9.17) is 5.73 Å². The highest BCUT2D eigenvalue weighted by molar-refractivity contribution is 6.22. The van der Waals surface area contributed by atoms with Crippen LogP contribution in [0.5, 0.6) is 0 Å². The van der Waals surface area contributed by atoms with E-state index in [0.29, 0.717) is 5.69 Å². The summed E-state index contributed by atoms with van der Waals surface area (Å²) >= 11 is 0. The standard InChI is InChI=1S/C16H19FN2O2/c17-12-6-5-11(18)9-13(12)19-14(20)10-16(15(19)21)7-3-1-2-4-8-16/h5-6,9H,1-4,7-8,10,18H2. The van der Waals surface area contributed by atoms with E-state index in [1.54, 1.807) is 0 Å². The number of benzene rings is 1. The molecule has 21 heavy (non-hydrogen) atoms. The molecule has 1 saturated carbocycles. The van der Waals surface area contributed by atoms with Gasteiger partial charge < -0.3 is 5.73 Å². The molecular weight excluding hydrogens is 271 g/mol. The fourth-order valence-corrected chi connectivity index (χ4v) is 3.54. The zero-order valence-electron chi connectivity index (χ0n) is 11.9. The average molecular weight is 290 g/mol. The van der Waals surface area contributed by atoms with E-state index >= 15 is 0 Å². The lowest BCUT2D eigenvalue weighted by Crippen LogP contribution is -2.36. The lowest BCUT2D eigenvalue weighted by atomic mass is 9.79. The van der Waals surface area contributed by atoms with E-state index in [1.165, 1.54) is 18.2 Å². The maximum absolute atomic E-state index is 14.0. The predicted molar refractivity (Wildman–Crippen MR) is 78.1 cm³/mol. The zero-order chi connectivity index (χ0) is 15.0. The summed E-state index contributed by atoms with van der Waals surface area (Å²) in [5.74, 6) is -1.15. The van der Waals surface area contributed by atoms with Crippen LogP contribution in [0.25, 0.3) is 0 Å². The number of nitrogens with zero attached hydrogens (tertiary/aromatic N) is 1. The van der Waals surface area contributed by atoms with Gasteiger partial charge in [0.15, 0.2) is 0 Å². The molecule has 1 spiro atoms. The van der Waals surface area contributed by atoms with Crippen molar-refractivity contribution in [2.45, 2.75) is 44.9 Å². The molecule has 2 aliphatic rings. The van der Waals surface area contributed by atoms with E-state index in [0.717, 1.165) is 43.4 Å². The van der Waals surface area contributed by atoms with Crippen molar-refractivity contribution in [3.05, 3.63) is 24.0 Å². The number of amides is 2. The van der Waals surface area contributed by atoms with Crippen molar-refractivity contribution in [3.63, 3.8) is 0 Å². The van der Waals surface area contributed by atoms with Gasteiger partial charge in [-0.3, -0.25) is 9.59 Å². The van der Waals surface area contributed by atoms with Gasteiger partial charge in [0.2, 0.25) is 11.8 Å². The van der Waals surface area contributed by atoms with Gasteiger partial charge in [-0.05, 0) is 31.0 Å². The number of nitrogens with two attached hydrogens (primary N) is 1. The predicted octanol–water partition coefficient (Wildman–Crippen LogP) is 3.01. The molecule has 0 unspecified atom stereocenters. The Kier molecular flexibility index (Phi) is 3.43. The quantitative estimate of drug-likeness (QED) is 0.638. The van der Waals surface area contributed by atoms with Crippen molar-refractivity contribution in [2.24, 2.45) is 5.41 Å². The summed E-state index contributed by atoms with van der Waals surface area (Å²) in [6, 6.07) is 3.98. The van der Waals surface area contributed by atoms with Crippen LogP contribution < -0.4 is 10.6 Å². The molecule has 3 rings (SSSR count). The topological polar surface area (TPSA) is 63.4 Å². The number of hydrogen-bond acceptors (Lipinski definition) is 3. The Morgan fingerprint density at radius 2 is 1.76 bits per heavy atom. The Morgan fingerprint density at radius 3 is 2.43 bits per heavy atom. The van der Waals surface area contributed by atoms with Crippen LogP contribution in [0.2, 0.25) is 0 Å². The fourth-order valence-electron chi connectivity index (χ4n) is 3.54. The Hall–Kier alpha value is -1.91. The van der Waals surface area contributed by atoms with Crippen molar-refractivity contribution >= 4 is 23.2 Å². The number of hydrogen-bond donors (Lipinski definition) is 1. The molecule has 2 amide bonds. The van der Waals surface area contributed by atoms with Crippen molar-refractivity contribution in [2.75, 3.05) is 10.6 Å². The minimum atomic E-state index is -0.620. The van der Waals surface area contributed by atoms with Gasteiger partial charge in [0.25, 0.3) is 0 Å². The highest BCUT2D eigenvalue weighted by Gasteiger charge is 2.52. The molecule has 1 aliphatic carbocycles. The van der Waals surface area contributed by atoms with Crippen molar-refractivity contribution in [1.82, 2.24) is 0 Å². The van der Waals surface area contributed by atoms with Crippen molar-refractivity contribution in [3.8, 4) is 0 Å². The first-order chi connectivity index (χ1) is 10.0. The van der Waals surface area contributed by atoms with Crippen molar-refractivity contribution in [1.29, 1.82) is 0 Å². The third kappa shape index (κ3) is 2.30. The van der Waals surface area contributed by atoms with Crippen molar-refractivity contribution < 1.29 is 14.0 Å². The number of anilines is 2. The van der Waals surface area contributed by atoms with Gasteiger partial charge in [-0.25, -0.2) is 9.29 Å². The molecule has 0 bridgehead atoms. The first-order valence-electron chi connectivity index (χ1n) is 7.46. The van der Waals surface area contributed by atoms with Gasteiger partial charge >= 0.3 is 0 Å². The summed E-state index contributed by atoms with van der Waals surface area (Å²) in [5, 5.41) is 0. The number of carbonyl (C=O) groups is 2. The summed E-state index contributed by atoms with van der Waals surface area (Å²) in [6.45, 7) is 0. The van der Waals surface area contributed by atoms with Gasteiger partial charge in [-0.15, -0.1) is 0 Å². The lowest BCUT2D eigenvalue weighted by molar-refractivity contribution is -0.126. The van der Waals surface area contributed by atoms with E-state index in [-0.39, 0.29) is 23.9 Å². The Bertz CT molecular complexity index is 592. The molecule has 1 saturated heterocycles. The van der Waals surface area contributed by atoms with Crippen LogP contribution in [-0.2, 0) is 9.59 Å². The van der Waals surface area contributed by atoms with Crippen LogP contribution in [0.1, 0.15) is 44.9 Å². The Balaban J connectivity index is 1.99. The van der Waals surface area contributed by atoms with Crippen LogP contribution >= 0.6 is 0 Å². The smallest absolute Gasteiger partial charge is 0.240 e. The lowest BCUT2D eigenvalue weighted by Gasteiger charge is -2.25. The number of carbonyl (C=O) groups excluding carboxylic acids is 2. The van der Waals surface area contributed by atoms with Crippen LogP contribution in [0.4, 0.5) is 15.8 Å². The van der Waals surface area contributed by atoms with E-state index in [1.807, 2.05) is 0 Å². The Labute approximate surface area is 123 Å². The van der Waals surface area contributed by atoms with Crippen LogP contribution in [0.15, 0.2) is 18.2 Å². The molecule has 0 radical (unpaired) electrons. The van der Waals surface area contributed by atoms with E-state index in [2.05, 4.69) is 0 Å². The second-order valence-corrected chi connectivity index (χ2v) is 6.12. The second kappa shape index (κ2) is 5.13. The average Bonchev–Trinajstić information content (AvgIpc) is 2.61. The minimum absolute atomic E-state index is 0.00822. The molecular formula is C16H19FN2O2. The van der Waals surface area contributed by atoms with Crippen LogP contribution in [0, 0.1) is 11.2 Å². The molecule has 112 valence electrons. The van der Waals surface area contributed by atoms with Gasteiger partial charge in [0.05, 0.1) is 11.1 Å². The normalized spacial score (nSPS) is 21.9. The summed E-state index contributed by atoms with van der Waals surface area (Å²) < 4.78 is 14.0. The fraction of sp³-hybridized carbons (Fsp3) is 0.500. The zero-order valence-corrected chi connectivity index (χ0v) is 11.9. The maximum Gasteiger partial charge on any atom is 0.240 e. The first-order valence-corrected chi connectivity index (χ1v) is 7.46. The Morgan fingerprint density at radius 1 is 1.10 bits per heavy atom. The molecule has 2 fully saturated rings. The molecule has 0 aromatic heterocycles. The summed E-state index contributed by atoms with van der Waals surface area (Å²) in [4.78, 5) is 26.1. The second-order valence-electron chi connectivity index (χ2n) is 6.12. The minimum Gasteiger partial charge on any atom is -0.399 e. The molecule has 1 aliphatic heterocycles. The number of imide groups is 1. The van der Waals surface area contributed by atoms with Gasteiger partial charge in [0.1, 0.15) is 5.82 Å². The van der Waals surface area contributed by atoms with Gasteiger partial charge in [-0.1, -0.05) is 25.7 Å². The summed E-state index contributed by atoms with van der Waals surface area (Å²) in [6.07, 6.45) is 5.72. The number of nitrogen functional groups attached to an aromatic ring is 1. The third-order valence-electron chi connectivity index (χ3n) is 4.67. The van der Waals surface area contributed by atoms with Gasteiger partial charge in [-0.2, -0.15) is 0 Å². The number of rotatable bonds is 1. The van der Waals surface area contributed by atoms with E-state index < -0.39 is 11.2 Å². The van der Waals surface area contributed by atoms with Crippen LogP contribution in [0.3, 0.4) is 0 Å². The maximum atomic E-state index is 14.0. The summed E-state index contributed by atoms with van der Waals surface area (Å²) in [5.41, 5.74) is 5.38. The molecule has 1 heterocycles. The SMILES string of the molecule is Nc1ccc(F)c(N2C(=O)CC3(CCCCCC3)C2=O)c1. The molecule has 4 nitrogen and oxygen atoms in total. The largest absolute Gasteiger partial charge is 0.399 e. The van der Waals surface area contributed by atoms with Crippen LogP contribution in [-0.4, -0.2) is 11.8 Å². The molecule has 2 N–H and O–H groups in total. The molecule has 5 heteroatoms. The summed E-state index contributed by atoms with van der Waals surface area (Å²) in [7, 11) is 0. The monoisotopic (exact) mass is 290 g/mol. The highest BCUT2D eigenvalue weighted by Crippen LogP contribution is 2.46. The third-order valence-corrected chi connectivity index (χ3v) is 4.67. The number of halogens is 1. The molecule has 0 atom stereocenters. The highest BCUT2D eigenvalue weighted by atomic mass is 19.1. The molecule has 1 aromatic carbocycles. The van der Waals surface area contributed by atoms with Gasteiger partial charge in [0, 0.05) is 12.1 Å².